The van der Waals surface area contributed by atoms with Gasteiger partial charge >= 0.3 is 0 Å². The Morgan fingerprint density at radius 2 is 1.70 bits per heavy atom. The summed E-state index contributed by atoms with van der Waals surface area (Å²) in [6.07, 6.45) is 1.92. The fourth-order valence-corrected chi connectivity index (χ4v) is 5.93. The number of hydrogen-bond donors (Lipinski definition) is 0. The standard InChI is InChI=1S/C17H32N2O3S/c1-13(2)11-17(20)18-7-5-15-16(6-8-18)23(21,22)10-9-19(15)12-14(3)4/h13-16H,5-12H2,1-4H3/t15-,16+/m0/s1. The molecule has 0 aromatic rings. The number of rotatable bonds is 4. The molecule has 0 unspecified atom stereocenters. The third-order valence-electron chi connectivity index (χ3n) is 4.94. The maximum Gasteiger partial charge on any atom is 0.222 e. The van der Waals surface area contributed by atoms with Gasteiger partial charge in [-0.1, -0.05) is 27.7 Å². The molecule has 0 N–H and O–H groups in total. The average Bonchev–Trinajstić information content (AvgIpc) is 2.65. The molecular weight excluding hydrogens is 312 g/mol. The lowest BCUT2D eigenvalue weighted by molar-refractivity contribution is -0.131. The molecule has 2 rings (SSSR count). The first-order chi connectivity index (χ1) is 10.7. The zero-order valence-electron chi connectivity index (χ0n) is 15.0. The Morgan fingerprint density at radius 3 is 2.30 bits per heavy atom. The highest BCUT2D eigenvalue weighted by molar-refractivity contribution is 7.92. The predicted molar refractivity (Wildman–Crippen MR) is 93.0 cm³/mol. The lowest BCUT2D eigenvalue weighted by Gasteiger charge is -2.40. The summed E-state index contributed by atoms with van der Waals surface area (Å²) in [5.41, 5.74) is 0. The van der Waals surface area contributed by atoms with E-state index in [2.05, 4.69) is 18.7 Å². The third kappa shape index (κ3) is 4.69. The first-order valence-corrected chi connectivity index (χ1v) is 10.7. The molecule has 0 bridgehead atoms. The number of amides is 1. The van der Waals surface area contributed by atoms with Gasteiger partial charge < -0.3 is 4.90 Å². The van der Waals surface area contributed by atoms with Crippen molar-refractivity contribution in [1.82, 2.24) is 9.80 Å². The van der Waals surface area contributed by atoms with Gasteiger partial charge in [-0.2, -0.15) is 0 Å². The van der Waals surface area contributed by atoms with Gasteiger partial charge in [-0.15, -0.1) is 0 Å². The SMILES string of the molecule is CC(C)CC(=O)N1CC[C@@H]2[C@H](CC1)N(CC(C)C)CCS2(=O)=O. The summed E-state index contributed by atoms with van der Waals surface area (Å²) in [6.45, 7) is 11.3. The van der Waals surface area contributed by atoms with Gasteiger partial charge in [-0.05, 0) is 24.7 Å². The summed E-state index contributed by atoms with van der Waals surface area (Å²) < 4.78 is 25.0. The first kappa shape index (κ1) is 18.7. The van der Waals surface area contributed by atoms with Crippen LogP contribution in [0, 0.1) is 11.8 Å². The number of carbonyl (C=O) groups excluding carboxylic acids is 1. The van der Waals surface area contributed by atoms with E-state index in [-0.39, 0.29) is 23.0 Å². The van der Waals surface area contributed by atoms with Gasteiger partial charge in [-0.25, -0.2) is 8.42 Å². The van der Waals surface area contributed by atoms with E-state index in [1.54, 1.807) is 0 Å². The molecule has 6 heteroatoms. The molecule has 0 aliphatic carbocycles. The number of likely N-dealkylation sites (tertiary alicyclic amines) is 1. The van der Waals surface area contributed by atoms with E-state index in [9.17, 15) is 13.2 Å². The van der Waals surface area contributed by atoms with Gasteiger partial charge in [0.25, 0.3) is 0 Å². The van der Waals surface area contributed by atoms with Crippen LogP contribution in [0.4, 0.5) is 0 Å². The highest BCUT2D eigenvalue weighted by atomic mass is 32.2. The summed E-state index contributed by atoms with van der Waals surface area (Å²) in [5.74, 6) is 1.31. The van der Waals surface area contributed by atoms with Gasteiger partial charge in [0, 0.05) is 38.6 Å². The summed E-state index contributed by atoms with van der Waals surface area (Å²) in [4.78, 5) is 16.6. The van der Waals surface area contributed by atoms with Crippen LogP contribution in [-0.4, -0.2) is 67.3 Å². The van der Waals surface area contributed by atoms with E-state index < -0.39 is 9.84 Å². The molecular formula is C17H32N2O3S. The summed E-state index contributed by atoms with van der Waals surface area (Å²) in [7, 11) is -3.03. The van der Waals surface area contributed by atoms with Gasteiger partial charge in [0.15, 0.2) is 9.84 Å². The molecule has 134 valence electrons. The molecule has 5 nitrogen and oxygen atoms in total. The molecule has 0 spiro atoms. The number of nitrogens with zero attached hydrogens (tertiary/aromatic N) is 2. The molecule has 2 aliphatic heterocycles. The number of hydrogen-bond acceptors (Lipinski definition) is 4. The lowest BCUT2D eigenvalue weighted by atomic mass is 10.0. The largest absolute Gasteiger partial charge is 0.343 e. The molecule has 0 saturated carbocycles. The van der Waals surface area contributed by atoms with E-state index in [4.69, 9.17) is 0 Å². The third-order valence-corrected chi connectivity index (χ3v) is 7.16. The van der Waals surface area contributed by atoms with Crippen molar-refractivity contribution in [1.29, 1.82) is 0 Å². The molecule has 2 fully saturated rings. The van der Waals surface area contributed by atoms with Crippen LogP contribution in [-0.2, 0) is 14.6 Å². The number of fused-ring (bicyclic) bond motifs is 1. The topological polar surface area (TPSA) is 57.7 Å². The number of sulfone groups is 1. The minimum absolute atomic E-state index is 0.0769. The second-order valence-corrected chi connectivity index (χ2v) is 10.3. The van der Waals surface area contributed by atoms with Gasteiger partial charge in [0.2, 0.25) is 5.91 Å². The maximum absolute atomic E-state index is 12.5. The molecule has 1 amide bonds. The van der Waals surface area contributed by atoms with Crippen LogP contribution < -0.4 is 0 Å². The molecule has 23 heavy (non-hydrogen) atoms. The predicted octanol–water partition coefficient (Wildman–Crippen LogP) is 1.78. The van der Waals surface area contributed by atoms with Crippen molar-refractivity contribution in [3.63, 3.8) is 0 Å². The molecule has 2 atom stereocenters. The van der Waals surface area contributed by atoms with Gasteiger partial charge in [0.05, 0.1) is 11.0 Å². The average molecular weight is 345 g/mol. The molecule has 2 heterocycles. The Labute approximate surface area is 141 Å². The monoisotopic (exact) mass is 344 g/mol. The lowest BCUT2D eigenvalue weighted by Crippen LogP contribution is -2.55. The second kappa shape index (κ2) is 7.51. The van der Waals surface area contributed by atoms with Crippen LogP contribution in [0.2, 0.25) is 0 Å². The van der Waals surface area contributed by atoms with Crippen molar-refractivity contribution < 1.29 is 13.2 Å². The zero-order valence-corrected chi connectivity index (χ0v) is 15.8. The fourth-order valence-electron chi connectivity index (χ4n) is 3.88. The Kier molecular flexibility index (Phi) is 6.11. The molecule has 2 saturated heterocycles. The highest BCUT2D eigenvalue weighted by Gasteiger charge is 2.43. The van der Waals surface area contributed by atoms with Crippen LogP contribution in [0.15, 0.2) is 0 Å². The van der Waals surface area contributed by atoms with Crippen molar-refractivity contribution in [2.75, 3.05) is 31.9 Å². The number of carbonyl (C=O) groups is 1. The molecule has 0 aromatic carbocycles. The molecule has 2 aliphatic rings. The quantitative estimate of drug-likeness (QED) is 0.780. The zero-order chi connectivity index (χ0) is 17.2. The van der Waals surface area contributed by atoms with Crippen LogP contribution in [0.1, 0.15) is 47.0 Å². The Bertz CT molecular complexity index is 516. The van der Waals surface area contributed by atoms with Crippen molar-refractivity contribution in [2.24, 2.45) is 11.8 Å². The first-order valence-electron chi connectivity index (χ1n) is 8.94. The van der Waals surface area contributed by atoms with Crippen molar-refractivity contribution in [2.45, 2.75) is 58.2 Å². The van der Waals surface area contributed by atoms with E-state index >= 15 is 0 Å². The van der Waals surface area contributed by atoms with Crippen LogP contribution >= 0.6 is 0 Å². The van der Waals surface area contributed by atoms with Gasteiger partial charge in [-0.3, -0.25) is 9.69 Å². The van der Waals surface area contributed by atoms with Crippen molar-refractivity contribution in [3.05, 3.63) is 0 Å². The maximum atomic E-state index is 12.5. The molecule has 0 radical (unpaired) electrons. The Balaban J connectivity index is 2.12. The van der Waals surface area contributed by atoms with Crippen LogP contribution in [0.25, 0.3) is 0 Å². The molecule has 0 aromatic heterocycles. The fraction of sp³-hybridized carbons (Fsp3) is 0.941. The van der Waals surface area contributed by atoms with Gasteiger partial charge in [0.1, 0.15) is 0 Å². The normalized spacial score (nSPS) is 28.7. The summed E-state index contributed by atoms with van der Waals surface area (Å²) in [6, 6.07) is 0.0769. The van der Waals surface area contributed by atoms with Crippen LogP contribution in [0.5, 0.6) is 0 Å². The van der Waals surface area contributed by atoms with Crippen molar-refractivity contribution >= 4 is 15.7 Å². The minimum atomic E-state index is -3.03. The smallest absolute Gasteiger partial charge is 0.222 e. The Hall–Kier alpha value is -0.620. The second-order valence-electron chi connectivity index (χ2n) is 7.92. The van der Waals surface area contributed by atoms with E-state index in [0.29, 0.717) is 44.3 Å². The highest BCUT2D eigenvalue weighted by Crippen LogP contribution is 2.29. The van der Waals surface area contributed by atoms with E-state index in [0.717, 1.165) is 13.0 Å². The summed E-state index contributed by atoms with van der Waals surface area (Å²) in [5, 5.41) is -0.299. The van der Waals surface area contributed by atoms with E-state index in [1.807, 2.05) is 18.7 Å². The summed E-state index contributed by atoms with van der Waals surface area (Å²) >= 11 is 0. The van der Waals surface area contributed by atoms with Crippen molar-refractivity contribution in [3.8, 4) is 0 Å². The minimum Gasteiger partial charge on any atom is -0.343 e. The Morgan fingerprint density at radius 1 is 1.04 bits per heavy atom. The van der Waals surface area contributed by atoms with E-state index in [1.165, 1.54) is 0 Å². The van der Waals surface area contributed by atoms with Crippen LogP contribution in [0.3, 0.4) is 0 Å².